The second-order valence-electron chi connectivity index (χ2n) is 3.03. The van der Waals surface area contributed by atoms with E-state index in [0.29, 0.717) is 18.6 Å². The van der Waals surface area contributed by atoms with Crippen LogP contribution in [0.15, 0.2) is 10.7 Å². The molecule has 1 rings (SSSR count). The van der Waals surface area contributed by atoms with Crippen molar-refractivity contribution >= 4 is 6.01 Å². The standard InChI is InChI=1S/C8H15N3O/c1-6(2)11(3)8-10-7(4-9)5-12-8/h5-6H,4,9H2,1-3H3. The zero-order valence-electron chi connectivity index (χ0n) is 7.74. The molecule has 0 fully saturated rings. The smallest absolute Gasteiger partial charge is 0.297 e. The van der Waals surface area contributed by atoms with E-state index in [9.17, 15) is 0 Å². The van der Waals surface area contributed by atoms with Crippen LogP contribution in [0, 0.1) is 0 Å². The lowest BCUT2D eigenvalue weighted by atomic mass is 10.4. The fourth-order valence-electron chi connectivity index (χ4n) is 0.773. The molecule has 0 saturated heterocycles. The number of nitrogens with zero attached hydrogens (tertiary/aromatic N) is 2. The molecule has 68 valence electrons. The molecular weight excluding hydrogens is 154 g/mol. The van der Waals surface area contributed by atoms with Gasteiger partial charge in [-0.05, 0) is 13.8 Å². The monoisotopic (exact) mass is 169 g/mol. The molecule has 1 heterocycles. The van der Waals surface area contributed by atoms with Crippen LogP contribution in [0.25, 0.3) is 0 Å². The Morgan fingerprint density at radius 3 is 2.75 bits per heavy atom. The van der Waals surface area contributed by atoms with Gasteiger partial charge in [-0.15, -0.1) is 0 Å². The molecule has 0 aromatic carbocycles. The molecule has 0 aliphatic rings. The Kier molecular flexibility index (Phi) is 2.70. The van der Waals surface area contributed by atoms with Gasteiger partial charge in [-0.2, -0.15) is 4.98 Å². The summed E-state index contributed by atoms with van der Waals surface area (Å²) in [4.78, 5) is 6.14. The van der Waals surface area contributed by atoms with E-state index in [1.165, 1.54) is 0 Å². The number of hydrogen-bond acceptors (Lipinski definition) is 4. The minimum atomic E-state index is 0.384. The van der Waals surface area contributed by atoms with E-state index < -0.39 is 0 Å². The average molecular weight is 169 g/mol. The van der Waals surface area contributed by atoms with E-state index in [-0.39, 0.29) is 0 Å². The van der Waals surface area contributed by atoms with Gasteiger partial charge in [0, 0.05) is 19.6 Å². The first kappa shape index (κ1) is 9.06. The van der Waals surface area contributed by atoms with Crippen LogP contribution in [0.4, 0.5) is 6.01 Å². The van der Waals surface area contributed by atoms with Crippen LogP contribution in [0.1, 0.15) is 19.5 Å². The van der Waals surface area contributed by atoms with Crippen molar-refractivity contribution in [1.29, 1.82) is 0 Å². The Labute approximate surface area is 72.4 Å². The molecule has 1 aromatic rings. The van der Waals surface area contributed by atoms with Gasteiger partial charge < -0.3 is 15.1 Å². The summed E-state index contributed by atoms with van der Waals surface area (Å²) in [6.45, 7) is 4.58. The van der Waals surface area contributed by atoms with E-state index in [4.69, 9.17) is 10.2 Å². The molecule has 0 saturated carbocycles. The number of oxazole rings is 1. The first-order valence-corrected chi connectivity index (χ1v) is 4.02. The quantitative estimate of drug-likeness (QED) is 0.732. The molecule has 4 heteroatoms. The van der Waals surface area contributed by atoms with Crippen LogP contribution in [0.5, 0.6) is 0 Å². The Balaban J connectivity index is 2.74. The van der Waals surface area contributed by atoms with Crippen molar-refractivity contribution < 1.29 is 4.42 Å². The van der Waals surface area contributed by atoms with Crippen LogP contribution in [-0.2, 0) is 6.54 Å². The second kappa shape index (κ2) is 3.58. The number of rotatable bonds is 3. The van der Waals surface area contributed by atoms with Gasteiger partial charge in [0.2, 0.25) is 0 Å². The maximum atomic E-state index is 5.40. The summed E-state index contributed by atoms with van der Waals surface area (Å²) in [7, 11) is 1.94. The van der Waals surface area contributed by atoms with Gasteiger partial charge in [-0.1, -0.05) is 0 Å². The Morgan fingerprint density at radius 2 is 2.33 bits per heavy atom. The van der Waals surface area contributed by atoms with Crippen molar-refractivity contribution in [2.45, 2.75) is 26.4 Å². The van der Waals surface area contributed by atoms with Crippen molar-refractivity contribution in [2.75, 3.05) is 11.9 Å². The summed E-state index contributed by atoms with van der Waals surface area (Å²) >= 11 is 0. The van der Waals surface area contributed by atoms with Gasteiger partial charge >= 0.3 is 0 Å². The van der Waals surface area contributed by atoms with E-state index in [1.807, 2.05) is 11.9 Å². The SMILES string of the molecule is CC(C)N(C)c1nc(CN)co1. The first-order valence-electron chi connectivity index (χ1n) is 4.02. The molecule has 0 aliphatic carbocycles. The second-order valence-corrected chi connectivity index (χ2v) is 3.03. The minimum absolute atomic E-state index is 0.384. The minimum Gasteiger partial charge on any atom is -0.432 e. The van der Waals surface area contributed by atoms with Crippen molar-refractivity contribution in [3.8, 4) is 0 Å². The summed E-state index contributed by atoms with van der Waals surface area (Å²) in [5.74, 6) is 0. The van der Waals surface area contributed by atoms with Gasteiger partial charge in [-0.25, -0.2) is 0 Å². The average Bonchev–Trinajstić information content (AvgIpc) is 2.50. The molecular formula is C8H15N3O. The maximum absolute atomic E-state index is 5.40. The summed E-state index contributed by atoms with van der Waals surface area (Å²) in [5, 5.41) is 0. The highest BCUT2D eigenvalue weighted by Gasteiger charge is 2.10. The van der Waals surface area contributed by atoms with Crippen molar-refractivity contribution in [3.63, 3.8) is 0 Å². The molecule has 0 spiro atoms. The highest BCUT2D eigenvalue weighted by atomic mass is 16.4. The molecule has 2 N–H and O–H groups in total. The summed E-state index contributed by atoms with van der Waals surface area (Å²) in [6, 6.07) is 1.01. The Hall–Kier alpha value is -1.03. The Bertz CT molecular complexity index is 244. The van der Waals surface area contributed by atoms with Gasteiger partial charge in [0.1, 0.15) is 6.26 Å². The molecule has 1 aromatic heterocycles. The molecule has 0 aliphatic heterocycles. The molecule has 0 atom stereocenters. The van der Waals surface area contributed by atoms with Crippen LogP contribution >= 0.6 is 0 Å². The Morgan fingerprint density at radius 1 is 1.67 bits per heavy atom. The van der Waals surface area contributed by atoms with Gasteiger partial charge in [-0.3, -0.25) is 0 Å². The zero-order valence-corrected chi connectivity index (χ0v) is 7.74. The third-order valence-corrected chi connectivity index (χ3v) is 1.83. The fraction of sp³-hybridized carbons (Fsp3) is 0.625. The lowest BCUT2D eigenvalue weighted by Gasteiger charge is -2.18. The van der Waals surface area contributed by atoms with Crippen LogP contribution in [-0.4, -0.2) is 18.1 Å². The molecule has 0 amide bonds. The molecule has 0 radical (unpaired) electrons. The highest BCUT2D eigenvalue weighted by Crippen LogP contribution is 2.13. The topological polar surface area (TPSA) is 55.3 Å². The van der Waals surface area contributed by atoms with Gasteiger partial charge in [0.25, 0.3) is 6.01 Å². The van der Waals surface area contributed by atoms with Crippen LogP contribution < -0.4 is 10.6 Å². The predicted molar refractivity (Wildman–Crippen MR) is 47.9 cm³/mol. The van der Waals surface area contributed by atoms with Gasteiger partial charge in [0.05, 0.1) is 5.69 Å². The lowest BCUT2D eigenvalue weighted by Crippen LogP contribution is -2.25. The molecule has 0 bridgehead atoms. The number of aromatic nitrogens is 1. The first-order chi connectivity index (χ1) is 5.65. The summed E-state index contributed by atoms with van der Waals surface area (Å²) in [6.07, 6.45) is 1.59. The number of anilines is 1. The third-order valence-electron chi connectivity index (χ3n) is 1.83. The van der Waals surface area contributed by atoms with Gasteiger partial charge in [0.15, 0.2) is 0 Å². The lowest BCUT2D eigenvalue weighted by molar-refractivity contribution is 0.529. The normalized spacial score (nSPS) is 10.8. The van der Waals surface area contributed by atoms with Crippen LogP contribution in [0.3, 0.4) is 0 Å². The highest BCUT2D eigenvalue weighted by molar-refractivity contribution is 5.26. The predicted octanol–water partition coefficient (Wildman–Crippen LogP) is 0.978. The zero-order chi connectivity index (χ0) is 9.14. The van der Waals surface area contributed by atoms with Crippen molar-refractivity contribution in [1.82, 2.24) is 4.98 Å². The number of nitrogens with two attached hydrogens (primary N) is 1. The van der Waals surface area contributed by atoms with E-state index in [0.717, 1.165) is 5.69 Å². The van der Waals surface area contributed by atoms with E-state index >= 15 is 0 Å². The largest absolute Gasteiger partial charge is 0.432 e. The van der Waals surface area contributed by atoms with Crippen molar-refractivity contribution in [3.05, 3.63) is 12.0 Å². The number of hydrogen-bond donors (Lipinski definition) is 1. The van der Waals surface area contributed by atoms with E-state index in [2.05, 4.69) is 18.8 Å². The van der Waals surface area contributed by atoms with Crippen LogP contribution in [0.2, 0.25) is 0 Å². The summed E-state index contributed by atoms with van der Waals surface area (Å²) in [5.41, 5.74) is 6.19. The molecule has 4 nitrogen and oxygen atoms in total. The summed E-state index contributed by atoms with van der Waals surface area (Å²) < 4.78 is 5.21. The molecule has 0 unspecified atom stereocenters. The maximum Gasteiger partial charge on any atom is 0.297 e. The van der Waals surface area contributed by atoms with Crippen molar-refractivity contribution in [2.24, 2.45) is 5.73 Å². The molecule has 12 heavy (non-hydrogen) atoms. The third kappa shape index (κ3) is 1.76. The van der Waals surface area contributed by atoms with E-state index in [1.54, 1.807) is 6.26 Å². The fourth-order valence-corrected chi connectivity index (χ4v) is 0.773.